The van der Waals surface area contributed by atoms with Crippen LogP contribution in [0.1, 0.15) is 31.9 Å². The number of hydrogen-bond donors (Lipinski definition) is 2. The van der Waals surface area contributed by atoms with E-state index in [2.05, 4.69) is 15.2 Å². The Morgan fingerprint density at radius 1 is 1.50 bits per heavy atom. The number of aromatic nitrogens is 1. The van der Waals surface area contributed by atoms with Gasteiger partial charge in [-0.25, -0.2) is 4.98 Å². The number of aliphatic carboxylic acids is 1. The van der Waals surface area contributed by atoms with Gasteiger partial charge in [0.25, 0.3) is 0 Å². The Bertz CT molecular complexity index is 481. The minimum atomic E-state index is -0.706. The molecular formula is C13H19N3O3S. The van der Waals surface area contributed by atoms with Gasteiger partial charge in [-0.15, -0.1) is 11.3 Å². The molecule has 1 aliphatic rings. The maximum atomic E-state index is 10.9. The van der Waals surface area contributed by atoms with Crippen LogP contribution >= 0.6 is 11.3 Å². The second-order valence-electron chi connectivity index (χ2n) is 5.14. The fraction of sp³-hybridized carbons (Fsp3) is 0.615. The van der Waals surface area contributed by atoms with E-state index in [1.807, 2.05) is 5.38 Å². The van der Waals surface area contributed by atoms with Crippen molar-refractivity contribution in [1.29, 1.82) is 0 Å². The minimum absolute atomic E-state index is 0.111. The largest absolute Gasteiger partial charge is 0.481 e. The van der Waals surface area contributed by atoms with Crippen molar-refractivity contribution in [3.63, 3.8) is 0 Å². The predicted molar refractivity (Wildman–Crippen MR) is 76.7 cm³/mol. The van der Waals surface area contributed by atoms with E-state index in [0.717, 1.165) is 38.2 Å². The first-order valence-electron chi connectivity index (χ1n) is 6.69. The molecular weight excluding hydrogens is 278 g/mol. The van der Waals surface area contributed by atoms with Gasteiger partial charge in [0.05, 0.1) is 5.69 Å². The zero-order chi connectivity index (χ0) is 14.5. The van der Waals surface area contributed by atoms with E-state index in [4.69, 9.17) is 5.11 Å². The van der Waals surface area contributed by atoms with Crippen LogP contribution < -0.4 is 5.32 Å². The van der Waals surface area contributed by atoms with Crippen LogP contribution in [0.4, 0.5) is 5.13 Å². The average molecular weight is 297 g/mol. The Morgan fingerprint density at radius 3 is 2.80 bits per heavy atom. The van der Waals surface area contributed by atoms with Crippen LogP contribution in [-0.4, -0.2) is 40.0 Å². The molecule has 0 aromatic carbocycles. The maximum Gasteiger partial charge on any atom is 0.303 e. The fourth-order valence-corrected chi connectivity index (χ4v) is 3.16. The van der Waals surface area contributed by atoms with Gasteiger partial charge >= 0.3 is 5.97 Å². The lowest BCUT2D eigenvalue weighted by Crippen LogP contribution is -2.34. The van der Waals surface area contributed by atoms with Gasteiger partial charge in [-0.2, -0.15) is 0 Å². The van der Waals surface area contributed by atoms with Gasteiger partial charge in [0.15, 0.2) is 5.13 Å². The molecule has 0 unspecified atom stereocenters. The zero-order valence-corrected chi connectivity index (χ0v) is 12.3. The van der Waals surface area contributed by atoms with Gasteiger partial charge in [-0.05, 0) is 31.8 Å². The molecule has 1 saturated heterocycles. The molecule has 0 radical (unpaired) electrons. The number of carbonyl (C=O) groups is 2. The number of nitrogens with zero attached hydrogens (tertiary/aromatic N) is 2. The lowest BCUT2D eigenvalue weighted by Gasteiger charge is -2.30. The van der Waals surface area contributed by atoms with Crippen LogP contribution in [0.5, 0.6) is 0 Å². The Labute approximate surface area is 121 Å². The van der Waals surface area contributed by atoms with Gasteiger partial charge < -0.3 is 10.4 Å². The third-order valence-electron chi connectivity index (χ3n) is 3.39. The summed E-state index contributed by atoms with van der Waals surface area (Å²) in [6.45, 7) is 4.04. The highest BCUT2D eigenvalue weighted by Crippen LogP contribution is 2.23. The molecule has 0 atom stereocenters. The second-order valence-corrected chi connectivity index (χ2v) is 6.00. The second kappa shape index (κ2) is 6.81. The maximum absolute atomic E-state index is 10.9. The molecule has 1 aromatic rings. The molecule has 2 rings (SSSR count). The molecule has 7 heteroatoms. The van der Waals surface area contributed by atoms with Crippen molar-refractivity contribution >= 4 is 28.3 Å². The lowest BCUT2D eigenvalue weighted by molar-refractivity contribution is -0.138. The van der Waals surface area contributed by atoms with Gasteiger partial charge in [0, 0.05) is 25.3 Å². The number of carboxylic acid groups (broad SMARTS) is 1. The molecule has 2 N–H and O–H groups in total. The summed E-state index contributed by atoms with van der Waals surface area (Å²) >= 11 is 1.43. The number of nitrogens with one attached hydrogen (secondary N) is 1. The van der Waals surface area contributed by atoms with E-state index in [1.165, 1.54) is 18.3 Å². The highest BCUT2D eigenvalue weighted by atomic mass is 32.1. The number of carbonyl (C=O) groups excluding carboxylic acids is 1. The summed E-state index contributed by atoms with van der Waals surface area (Å²) in [6, 6.07) is 0. The van der Waals surface area contributed by atoms with Crippen molar-refractivity contribution in [2.75, 3.05) is 18.4 Å². The topological polar surface area (TPSA) is 82.5 Å². The highest BCUT2D eigenvalue weighted by molar-refractivity contribution is 7.13. The first-order valence-corrected chi connectivity index (χ1v) is 7.57. The van der Waals surface area contributed by atoms with Crippen LogP contribution in [0, 0.1) is 5.92 Å². The number of piperidine rings is 1. The molecule has 0 saturated carbocycles. The molecule has 0 bridgehead atoms. The zero-order valence-electron chi connectivity index (χ0n) is 11.5. The summed E-state index contributed by atoms with van der Waals surface area (Å²) in [5, 5.41) is 14.0. The molecule has 1 aromatic heterocycles. The number of amides is 1. The Hall–Kier alpha value is -1.47. The Morgan fingerprint density at radius 2 is 2.20 bits per heavy atom. The summed E-state index contributed by atoms with van der Waals surface area (Å²) in [6.07, 6.45) is 2.13. The number of hydrogen-bond acceptors (Lipinski definition) is 5. The van der Waals surface area contributed by atoms with Crippen molar-refractivity contribution in [3.8, 4) is 0 Å². The highest BCUT2D eigenvalue weighted by Gasteiger charge is 2.21. The first-order chi connectivity index (χ1) is 9.52. The molecule has 110 valence electrons. The molecule has 1 aliphatic heterocycles. The summed E-state index contributed by atoms with van der Waals surface area (Å²) in [5.74, 6) is -0.516. The smallest absolute Gasteiger partial charge is 0.303 e. The third kappa shape index (κ3) is 4.57. The van der Waals surface area contributed by atoms with E-state index < -0.39 is 5.97 Å². The van der Waals surface area contributed by atoms with Crippen molar-refractivity contribution in [2.45, 2.75) is 32.7 Å². The summed E-state index contributed by atoms with van der Waals surface area (Å²) < 4.78 is 0. The van der Waals surface area contributed by atoms with Crippen LogP contribution in [0.2, 0.25) is 0 Å². The molecule has 20 heavy (non-hydrogen) atoms. The van der Waals surface area contributed by atoms with E-state index in [0.29, 0.717) is 11.0 Å². The van der Waals surface area contributed by atoms with Crippen LogP contribution in [0.15, 0.2) is 5.38 Å². The minimum Gasteiger partial charge on any atom is -0.481 e. The van der Waals surface area contributed by atoms with Crippen LogP contribution in [0.3, 0.4) is 0 Å². The van der Waals surface area contributed by atoms with E-state index in [9.17, 15) is 9.59 Å². The van der Waals surface area contributed by atoms with Gasteiger partial charge in [0.1, 0.15) is 0 Å². The lowest BCUT2D eigenvalue weighted by atomic mass is 9.93. The predicted octanol–water partition coefficient (Wildman–Crippen LogP) is 1.79. The Balaban J connectivity index is 1.79. The third-order valence-corrected chi connectivity index (χ3v) is 4.20. The van der Waals surface area contributed by atoms with Gasteiger partial charge in [-0.1, -0.05) is 0 Å². The number of carboxylic acids is 1. The number of anilines is 1. The molecule has 1 fully saturated rings. The molecule has 0 spiro atoms. The monoisotopic (exact) mass is 297 g/mol. The first kappa shape index (κ1) is 14.9. The van der Waals surface area contributed by atoms with Crippen molar-refractivity contribution < 1.29 is 14.7 Å². The summed E-state index contributed by atoms with van der Waals surface area (Å²) in [4.78, 5) is 28.3. The fourth-order valence-electron chi connectivity index (χ4n) is 2.41. The quantitative estimate of drug-likeness (QED) is 0.866. The Kier molecular flexibility index (Phi) is 5.08. The van der Waals surface area contributed by atoms with E-state index in [-0.39, 0.29) is 12.3 Å². The SMILES string of the molecule is CC(=O)Nc1nc(CN2CCC(CC(=O)O)CC2)cs1. The van der Waals surface area contributed by atoms with Gasteiger partial charge in [0.2, 0.25) is 5.91 Å². The normalized spacial score (nSPS) is 17.1. The van der Waals surface area contributed by atoms with Crippen molar-refractivity contribution in [2.24, 2.45) is 5.92 Å². The van der Waals surface area contributed by atoms with Gasteiger partial charge in [-0.3, -0.25) is 14.5 Å². The molecule has 0 aliphatic carbocycles. The van der Waals surface area contributed by atoms with Crippen LogP contribution in [0.25, 0.3) is 0 Å². The summed E-state index contributed by atoms with van der Waals surface area (Å²) in [5.41, 5.74) is 0.954. The molecule has 6 nitrogen and oxygen atoms in total. The molecule has 1 amide bonds. The van der Waals surface area contributed by atoms with Crippen molar-refractivity contribution in [3.05, 3.63) is 11.1 Å². The standard InChI is InChI=1S/C13H19N3O3S/c1-9(17)14-13-15-11(8-20-13)7-16-4-2-10(3-5-16)6-12(18)19/h8,10H,2-7H2,1H3,(H,18,19)(H,14,15,17). The average Bonchev–Trinajstić information content (AvgIpc) is 2.77. The van der Waals surface area contributed by atoms with Crippen LogP contribution in [-0.2, 0) is 16.1 Å². The number of likely N-dealkylation sites (tertiary alicyclic amines) is 1. The van der Waals surface area contributed by atoms with E-state index in [1.54, 1.807) is 0 Å². The number of rotatable bonds is 5. The molecule has 2 heterocycles. The van der Waals surface area contributed by atoms with Crippen molar-refractivity contribution in [1.82, 2.24) is 9.88 Å². The number of thiazole rings is 1. The van der Waals surface area contributed by atoms with E-state index >= 15 is 0 Å². The summed E-state index contributed by atoms with van der Waals surface area (Å²) in [7, 11) is 0.